The Morgan fingerprint density at radius 1 is 1.24 bits per heavy atom. The van der Waals surface area contributed by atoms with Crippen LogP contribution in [0.1, 0.15) is 31.1 Å². The van der Waals surface area contributed by atoms with Crippen LogP contribution in [0.15, 0.2) is 53.4 Å². The van der Waals surface area contributed by atoms with Crippen LogP contribution in [-0.4, -0.2) is 36.3 Å². The molecule has 3 rings (SSSR count). The summed E-state index contributed by atoms with van der Waals surface area (Å²) in [7, 11) is 1.58. The predicted molar refractivity (Wildman–Crippen MR) is 109 cm³/mol. The van der Waals surface area contributed by atoms with Gasteiger partial charge >= 0.3 is 5.97 Å². The van der Waals surface area contributed by atoms with Crippen molar-refractivity contribution >= 4 is 17.7 Å². The first kappa shape index (κ1) is 21.0. The molecule has 0 amide bonds. The van der Waals surface area contributed by atoms with Gasteiger partial charge in [0.15, 0.2) is 6.10 Å². The summed E-state index contributed by atoms with van der Waals surface area (Å²) in [5.41, 5.74) is -0.807. The molecule has 1 aliphatic heterocycles. The zero-order chi connectivity index (χ0) is 21.0. The number of nitro groups is 1. The second-order valence-electron chi connectivity index (χ2n) is 6.81. The number of hydrogen-bond acceptors (Lipinski definition) is 7. The van der Waals surface area contributed by atoms with E-state index in [1.165, 1.54) is 18.7 Å². The lowest BCUT2D eigenvalue weighted by atomic mass is 9.83. The number of benzene rings is 2. The monoisotopic (exact) mass is 417 g/mol. The van der Waals surface area contributed by atoms with Crippen LogP contribution in [0.4, 0.5) is 0 Å². The van der Waals surface area contributed by atoms with Crippen LogP contribution in [0, 0.1) is 10.1 Å². The predicted octanol–water partition coefficient (Wildman–Crippen LogP) is 4.28. The lowest BCUT2D eigenvalue weighted by molar-refractivity contribution is -0.578. The minimum atomic E-state index is -1.54. The van der Waals surface area contributed by atoms with Gasteiger partial charge in [-0.3, -0.25) is 14.9 Å². The van der Waals surface area contributed by atoms with Crippen LogP contribution in [0.3, 0.4) is 0 Å². The molecule has 0 saturated carbocycles. The number of carbonyl (C=O) groups is 1. The molecule has 7 nitrogen and oxygen atoms in total. The molecule has 3 atom stereocenters. The highest BCUT2D eigenvalue weighted by Gasteiger charge is 2.59. The second kappa shape index (κ2) is 8.73. The van der Waals surface area contributed by atoms with Gasteiger partial charge in [-0.15, -0.1) is 11.8 Å². The van der Waals surface area contributed by atoms with Crippen LogP contribution in [0.25, 0.3) is 0 Å². The molecule has 0 N–H and O–H groups in total. The van der Waals surface area contributed by atoms with Crippen molar-refractivity contribution in [2.75, 3.05) is 13.7 Å². The fourth-order valence-electron chi connectivity index (χ4n) is 3.37. The molecular formula is C21H23NO6S. The van der Waals surface area contributed by atoms with Gasteiger partial charge in [-0.1, -0.05) is 18.2 Å². The average Bonchev–Trinajstić information content (AvgIpc) is 2.71. The number of nitrogens with zero attached hydrogens (tertiary/aromatic N) is 1. The van der Waals surface area contributed by atoms with Gasteiger partial charge in [0.1, 0.15) is 16.7 Å². The fourth-order valence-corrected chi connectivity index (χ4v) is 4.73. The first-order valence-electron chi connectivity index (χ1n) is 9.26. The molecule has 0 bridgehead atoms. The van der Waals surface area contributed by atoms with Crippen molar-refractivity contribution < 1.29 is 23.9 Å². The van der Waals surface area contributed by atoms with E-state index in [0.717, 1.165) is 10.5 Å². The summed E-state index contributed by atoms with van der Waals surface area (Å²) < 4.78 is 16.2. The Bertz CT molecular complexity index is 887. The van der Waals surface area contributed by atoms with Crippen LogP contribution < -0.4 is 9.47 Å². The molecule has 154 valence electrons. The van der Waals surface area contributed by atoms with E-state index in [9.17, 15) is 14.9 Å². The Morgan fingerprint density at radius 3 is 2.55 bits per heavy atom. The normalized spacial score (nSPS) is 22.9. The maximum Gasteiger partial charge on any atom is 0.309 e. The van der Waals surface area contributed by atoms with Crippen molar-refractivity contribution in [3.05, 3.63) is 64.2 Å². The molecule has 0 aliphatic carbocycles. The Morgan fingerprint density at radius 2 is 1.93 bits per heavy atom. The van der Waals surface area contributed by atoms with Crippen LogP contribution in [-0.2, 0) is 9.53 Å². The van der Waals surface area contributed by atoms with Gasteiger partial charge in [-0.2, -0.15) is 0 Å². The largest absolute Gasteiger partial charge is 0.497 e. The van der Waals surface area contributed by atoms with Crippen molar-refractivity contribution in [3.8, 4) is 11.5 Å². The maximum atomic E-state index is 12.3. The summed E-state index contributed by atoms with van der Waals surface area (Å²) in [6.07, 6.45) is -1.15. The van der Waals surface area contributed by atoms with Crippen molar-refractivity contribution in [2.24, 2.45) is 0 Å². The Hall–Kier alpha value is -2.74. The number of rotatable bonds is 7. The molecule has 1 aliphatic rings. The molecule has 1 heterocycles. The molecule has 0 fully saturated rings. The molecule has 2 aromatic carbocycles. The summed E-state index contributed by atoms with van der Waals surface area (Å²) in [4.78, 5) is 24.9. The number of para-hydroxylation sites is 1. The maximum absolute atomic E-state index is 12.3. The van der Waals surface area contributed by atoms with E-state index in [4.69, 9.17) is 14.2 Å². The first-order chi connectivity index (χ1) is 13.9. The summed E-state index contributed by atoms with van der Waals surface area (Å²) in [5.74, 6) is 0.740. The van der Waals surface area contributed by atoms with Gasteiger partial charge in [0.2, 0.25) is 0 Å². The fraction of sp³-hybridized carbons (Fsp3) is 0.381. The van der Waals surface area contributed by atoms with E-state index >= 15 is 0 Å². The third-order valence-electron chi connectivity index (χ3n) is 5.02. The highest BCUT2D eigenvalue weighted by molar-refractivity contribution is 7.99. The van der Waals surface area contributed by atoms with E-state index in [2.05, 4.69) is 0 Å². The third-order valence-corrected chi connectivity index (χ3v) is 6.53. The first-order valence-corrected chi connectivity index (χ1v) is 10.1. The van der Waals surface area contributed by atoms with Gasteiger partial charge in [-0.05, 0) is 37.3 Å². The highest BCUT2D eigenvalue weighted by Crippen LogP contribution is 2.53. The summed E-state index contributed by atoms with van der Waals surface area (Å²) in [6.45, 7) is 3.44. The van der Waals surface area contributed by atoms with E-state index in [0.29, 0.717) is 11.5 Å². The molecule has 0 radical (unpaired) electrons. The van der Waals surface area contributed by atoms with Crippen molar-refractivity contribution in [2.45, 2.75) is 42.1 Å². The molecule has 29 heavy (non-hydrogen) atoms. The standard InChI is InChI=1S/C21H23NO6S/c1-4-27-19(23)13-18-21(2,22(24)25)20(16-7-5-6-8-17(16)28-18)29-15-11-9-14(26-3)10-12-15/h5-12,18,20H,4,13H2,1-3H3/t18-,20-,21-/m1/s1. The lowest BCUT2D eigenvalue weighted by Crippen LogP contribution is -2.56. The molecule has 0 saturated heterocycles. The van der Waals surface area contributed by atoms with Gasteiger partial charge in [0.05, 0.1) is 20.1 Å². The minimum absolute atomic E-state index is 0.195. The van der Waals surface area contributed by atoms with E-state index in [-0.39, 0.29) is 18.0 Å². The van der Waals surface area contributed by atoms with Crippen molar-refractivity contribution in [3.63, 3.8) is 0 Å². The zero-order valence-corrected chi connectivity index (χ0v) is 17.3. The van der Waals surface area contributed by atoms with E-state index in [1.807, 2.05) is 42.5 Å². The number of fused-ring (bicyclic) bond motifs is 1. The molecule has 0 unspecified atom stereocenters. The van der Waals surface area contributed by atoms with E-state index in [1.54, 1.807) is 20.1 Å². The third kappa shape index (κ3) is 4.17. The SMILES string of the molecule is CCOC(=O)C[C@H]1Oc2ccccc2[C@@H](Sc2ccc(OC)cc2)[C@]1(C)[N+](=O)[O-]. The minimum Gasteiger partial charge on any atom is -0.497 e. The topological polar surface area (TPSA) is 87.9 Å². The second-order valence-corrected chi connectivity index (χ2v) is 7.99. The van der Waals surface area contributed by atoms with Crippen molar-refractivity contribution in [1.82, 2.24) is 0 Å². The quantitative estimate of drug-likeness (QED) is 0.377. The zero-order valence-electron chi connectivity index (χ0n) is 16.5. The average molecular weight is 417 g/mol. The van der Waals surface area contributed by atoms with Crippen LogP contribution in [0.2, 0.25) is 0 Å². The molecule has 8 heteroatoms. The van der Waals surface area contributed by atoms with Gasteiger partial charge in [0.25, 0.3) is 5.54 Å². The molecule has 0 spiro atoms. The molecule has 2 aromatic rings. The van der Waals surface area contributed by atoms with Crippen LogP contribution >= 0.6 is 11.8 Å². The number of ether oxygens (including phenoxy) is 3. The Labute approximate surface area is 173 Å². The highest BCUT2D eigenvalue weighted by atomic mass is 32.2. The Balaban J connectivity index is 2.02. The summed E-state index contributed by atoms with van der Waals surface area (Å²) in [5, 5.41) is 11.7. The Kier molecular flexibility index (Phi) is 6.32. The summed E-state index contributed by atoms with van der Waals surface area (Å²) in [6, 6.07) is 14.6. The number of carbonyl (C=O) groups excluding carboxylic acids is 1. The van der Waals surface area contributed by atoms with E-state index < -0.39 is 22.9 Å². The van der Waals surface area contributed by atoms with Crippen molar-refractivity contribution in [1.29, 1.82) is 0 Å². The van der Waals surface area contributed by atoms with Gasteiger partial charge in [-0.25, -0.2) is 0 Å². The lowest BCUT2D eigenvalue weighted by Gasteiger charge is -2.40. The smallest absolute Gasteiger partial charge is 0.309 e. The van der Waals surface area contributed by atoms with Crippen LogP contribution in [0.5, 0.6) is 11.5 Å². The number of esters is 1. The molecular weight excluding hydrogens is 394 g/mol. The summed E-state index contributed by atoms with van der Waals surface area (Å²) >= 11 is 1.38. The number of methoxy groups -OCH3 is 1. The number of thioether (sulfide) groups is 1. The van der Waals surface area contributed by atoms with Gasteiger partial charge < -0.3 is 14.2 Å². The molecule has 0 aromatic heterocycles. The van der Waals surface area contributed by atoms with Gasteiger partial charge in [0, 0.05) is 22.3 Å². The number of hydrogen-bond donors (Lipinski definition) is 0.